The predicted octanol–water partition coefficient (Wildman–Crippen LogP) is 3.28. The van der Waals surface area contributed by atoms with Gasteiger partial charge in [0.1, 0.15) is 5.82 Å². The Kier molecular flexibility index (Phi) is 4.16. The van der Waals surface area contributed by atoms with Crippen LogP contribution in [0.25, 0.3) is 0 Å². The Balaban J connectivity index is 3.01. The van der Waals surface area contributed by atoms with Crippen LogP contribution >= 0.6 is 0 Å². The second-order valence-electron chi connectivity index (χ2n) is 4.84. The molecular weight excluding hydrogens is 203 g/mol. The topological polar surface area (TPSA) is 29.3 Å². The fraction of sp³-hybridized carbons (Fsp3) is 0.538. The van der Waals surface area contributed by atoms with Gasteiger partial charge in [0.25, 0.3) is 0 Å². The van der Waals surface area contributed by atoms with Gasteiger partial charge in [-0.15, -0.1) is 0 Å². The number of rotatable bonds is 4. The van der Waals surface area contributed by atoms with E-state index in [9.17, 15) is 4.39 Å². The lowest BCUT2D eigenvalue weighted by Gasteiger charge is -2.31. The van der Waals surface area contributed by atoms with E-state index >= 15 is 0 Å². The molecule has 3 heteroatoms. The van der Waals surface area contributed by atoms with Crippen molar-refractivity contribution < 1.29 is 4.39 Å². The van der Waals surface area contributed by atoms with Crippen molar-refractivity contribution in [1.82, 2.24) is 0 Å². The molecule has 0 aromatic heterocycles. The van der Waals surface area contributed by atoms with Crippen molar-refractivity contribution in [3.63, 3.8) is 0 Å². The van der Waals surface area contributed by atoms with Gasteiger partial charge in [-0.25, -0.2) is 4.39 Å². The Morgan fingerprint density at radius 1 is 1.25 bits per heavy atom. The molecule has 0 unspecified atom stereocenters. The molecule has 1 aromatic carbocycles. The van der Waals surface area contributed by atoms with Crippen LogP contribution in [0.5, 0.6) is 0 Å². The zero-order valence-electron chi connectivity index (χ0n) is 10.5. The van der Waals surface area contributed by atoms with Gasteiger partial charge in [0.15, 0.2) is 0 Å². The number of nitrogen functional groups attached to an aromatic ring is 1. The largest absolute Gasteiger partial charge is 0.397 e. The summed E-state index contributed by atoms with van der Waals surface area (Å²) < 4.78 is 13.0. The lowest BCUT2D eigenvalue weighted by atomic mass is 10.1. The van der Waals surface area contributed by atoms with Crippen LogP contribution in [0, 0.1) is 11.7 Å². The maximum absolute atomic E-state index is 13.0. The van der Waals surface area contributed by atoms with Crippen LogP contribution in [0.3, 0.4) is 0 Å². The van der Waals surface area contributed by atoms with Gasteiger partial charge in [0.2, 0.25) is 0 Å². The summed E-state index contributed by atoms with van der Waals surface area (Å²) in [6.07, 6.45) is 0. The van der Waals surface area contributed by atoms with Gasteiger partial charge < -0.3 is 10.6 Å². The van der Waals surface area contributed by atoms with Crippen LogP contribution in [0.15, 0.2) is 18.2 Å². The quantitative estimate of drug-likeness (QED) is 0.795. The summed E-state index contributed by atoms with van der Waals surface area (Å²) in [5, 5.41) is 0. The molecule has 0 aliphatic heterocycles. The Hall–Kier alpha value is -1.25. The highest BCUT2D eigenvalue weighted by Crippen LogP contribution is 2.26. The zero-order valence-corrected chi connectivity index (χ0v) is 10.5. The molecule has 0 fully saturated rings. The molecule has 16 heavy (non-hydrogen) atoms. The van der Waals surface area contributed by atoms with Gasteiger partial charge in [-0.05, 0) is 38.0 Å². The van der Waals surface area contributed by atoms with E-state index in [0.717, 1.165) is 12.2 Å². The van der Waals surface area contributed by atoms with Crippen molar-refractivity contribution in [2.75, 3.05) is 17.2 Å². The van der Waals surface area contributed by atoms with E-state index in [1.54, 1.807) is 6.07 Å². The van der Waals surface area contributed by atoms with Crippen LogP contribution in [-0.2, 0) is 0 Å². The first kappa shape index (κ1) is 12.8. The highest BCUT2D eigenvalue weighted by Gasteiger charge is 2.14. The Bertz CT molecular complexity index is 348. The van der Waals surface area contributed by atoms with Gasteiger partial charge in [-0.2, -0.15) is 0 Å². The van der Waals surface area contributed by atoms with Gasteiger partial charge >= 0.3 is 0 Å². The van der Waals surface area contributed by atoms with Gasteiger partial charge in [-0.1, -0.05) is 13.8 Å². The van der Waals surface area contributed by atoms with Gasteiger partial charge in [0, 0.05) is 12.6 Å². The normalized spacial score (nSPS) is 11.2. The van der Waals surface area contributed by atoms with Gasteiger partial charge in [0.05, 0.1) is 11.4 Å². The molecule has 90 valence electrons. The number of anilines is 2. The second kappa shape index (κ2) is 5.19. The van der Waals surface area contributed by atoms with Crippen LogP contribution < -0.4 is 10.6 Å². The van der Waals surface area contributed by atoms with Crippen molar-refractivity contribution in [2.24, 2.45) is 5.92 Å². The number of hydrogen-bond donors (Lipinski definition) is 1. The highest BCUT2D eigenvalue weighted by molar-refractivity contribution is 5.67. The molecule has 1 rings (SSSR count). The maximum Gasteiger partial charge on any atom is 0.125 e. The monoisotopic (exact) mass is 224 g/mol. The van der Waals surface area contributed by atoms with E-state index in [1.807, 2.05) is 0 Å². The number of halogens is 1. The number of hydrogen-bond acceptors (Lipinski definition) is 2. The minimum atomic E-state index is -0.283. The van der Waals surface area contributed by atoms with Crippen molar-refractivity contribution in [2.45, 2.75) is 33.7 Å². The summed E-state index contributed by atoms with van der Waals surface area (Å²) >= 11 is 0. The molecule has 0 saturated heterocycles. The van der Waals surface area contributed by atoms with E-state index in [1.165, 1.54) is 12.1 Å². The fourth-order valence-corrected chi connectivity index (χ4v) is 1.77. The summed E-state index contributed by atoms with van der Waals surface area (Å²) in [4.78, 5) is 2.21. The molecule has 0 atom stereocenters. The Labute approximate surface area is 97.3 Å². The lowest BCUT2D eigenvalue weighted by Crippen LogP contribution is -2.34. The van der Waals surface area contributed by atoms with E-state index in [-0.39, 0.29) is 5.82 Å². The third kappa shape index (κ3) is 3.12. The average Bonchev–Trinajstić information content (AvgIpc) is 2.14. The van der Waals surface area contributed by atoms with E-state index in [0.29, 0.717) is 17.6 Å². The van der Waals surface area contributed by atoms with Crippen molar-refractivity contribution in [3.05, 3.63) is 24.0 Å². The molecule has 1 aromatic rings. The maximum atomic E-state index is 13.0. The van der Waals surface area contributed by atoms with Gasteiger partial charge in [-0.3, -0.25) is 0 Å². The van der Waals surface area contributed by atoms with Crippen molar-refractivity contribution in [3.8, 4) is 0 Å². The summed E-state index contributed by atoms with van der Waals surface area (Å²) in [6, 6.07) is 4.95. The van der Waals surface area contributed by atoms with E-state index in [2.05, 4.69) is 32.6 Å². The molecule has 0 radical (unpaired) electrons. The Morgan fingerprint density at radius 3 is 2.31 bits per heavy atom. The third-order valence-electron chi connectivity index (χ3n) is 2.48. The molecule has 0 amide bonds. The molecule has 0 aliphatic rings. The zero-order chi connectivity index (χ0) is 12.3. The Morgan fingerprint density at radius 2 is 1.88 bits per heavy atom. The van der Waals surface area contributed by atoms with E-state index < -0.39 is 0 Å². The molecule has 0 bridgehead atoms. The van der Waals surface area contributed by atoms with Crippen molar-refractivity contribution in [1.29, 1.82) is 0 Å². The lowest BCUT2D eigenvalue weighted by molar-refractivity contribution is 0.570. The van der Waals surface area contributed by atoms with Crippen LogP contribution in [0.4, 0.5) is 15.8 Å². The smallest absolute Gasteiger partial charge is 0.125 e. The molecular formula is C13H21FN2. The second-order valence-corrected chi connectivity index (χ2v) is 4.84. The first-order chi connectivity index (χ1) is 7.41. The first-order valence-corrected chi connectivity index (χ1v) is 5.73. The highest BCUT2D eigenvalue weighted by atomic mass is 19.1. The minimum absolute atomic E-state index is 0.283. The third-order valence-corrected chi connectivity index (χ3v) is 2.48. The summed E-state index contributed by atoms with van der Waals surface area (Å²) in [5.74, 6) is 0.265. The van der Waals surface area contributed by atoms with Crippen LogP contribution in [0.2, 0.25) is 0 Å². The SMILES string of the molecule is CC(C)CN(c1ccc(F)cc1N)C(C)C. The molecule has 2 nitrogen and oxygen atoms in total. The molecule has 0 aliphatic carbocycles. The fourth-order valence-electron chi connectivity index (χ4n) is 1.77. The van der Waals surface area contributed by atoms with Crippen LogP contribution in [-0.4, -0.2) is 12.6 Å². The molecule has 0 spiro atoms. The summed E-state index contributed by atoms with van der Waals surface area (Å²) in [6.45, 7) is 9.48. The average molecular weight is 224 g/mol. The first-order valence-electron chi connectivity index (χ1n) is 5.73. The number of nitrogens with zero attached hydrogens (tertiary/aromatic N) is 1. The number of nitrogens with two attached hydrogens (primary N) is 1. The standard InChI is InChI=1S/C13H21FN2/c1-9(2)8-16(10(3)4)13-6-5-11(14)7-12(13)15/h5-7,9-10H,8,15H2,1-4H3. The van der Waals surface area contributed by atoms with E-state index in [4.69, 9.17) is 5.73 Å². The summed E-state index contributed by atoms with van der Waals surface area (Å²) in [7, 11) is 0. The predicted molar refractivity (Wildman–Crippen MR) is 68.1 cm³/mol. The molecule has 0 saturated carbocycles. The van der Waals surface area contributed by atoms with Crippen LogP contribution in [0.1, 0.15) is 27.7 Å². The summed E-state index contributed by atoms with van der Waals surface area (Å²) in [5.41, 5.74) is 7.28. The minimum Gasteiger partial charge on any atom is -0.397 e. The van der Waals surface area contributed by atoms with Crippen molar-refractivity contribution >= 4 is 11.4 Å². The number of benzene rings is 1. The molecule has 0 heterocycles. The molecule has 2 N–H and O–H groups in total.